The summed E-state index contributed by atoms with van der Waals surface area (Å²) in [6.45, 7) is 29.2. The molecule has 47 heteroatoms. The Morgan fingerprint density at radius 3 is 1.60 bits per heavy atom. The van der Waals surface area contributed by atoms with E-state index in [1.54, 1.807) is 50.4 Å². The molecule has 1 fully saturated rings. The van der Waals surface area contributed by atoms with Crippen LogP contribution in [-0.4, -0.2) is 161 Å². The molecule has 13 heterocycles. The molecule has 11 aromatic heterocycles. The van der Waals surface area contributed by atoms with Crippen LogP contribution in [-0.2, 0) is 57.0 Å². The summed E-state index contributed by atoms with van der Waals surface area (Å²) >= 11 is 17.3. The quantitative estimate of drug-likeness (QED) is 0.00878. The van der Waals surface area contributed by atoms with Crippen molar-refractivity contribution < 1.29 is 49.6 Å². The number of ether oxygens (including phenoxy) is 1. The first kappa shape index (κ1) is 99.0. The van der Waals surface area contributed by atoms with Gasteiger partial charge in [-0.25, -0.2) is 44.1 Å². The van der Waals surface area contributed by atoms with E-state index in [1.807, 2.05) is 20.8 Å². The first-order chi connectivity index (χ1) is 54.1. The number of hydrogen-bond acceptors (Lipinski definition) is 27. The second-order valence-electron chi connectivity index (χ2n) is 23.7. The van der Waals surface area contributed by atoms with E-state index in [0.29, 0.717) is 113 Å². The average molecular weight is 1830 g/mol. The molecular formula is C68H91BrCl2IN26NaO16. The van der Waals surface area contributed by atoms with Crippen molar-refractivity contribution in [2.75, 3.05) is 27.8 Å². The molecule has 14 N–H and O–H groups in total. The number of imidazole rings is 5. The van der Waals surface area contributed by atoms with Gasteiger partial charge in [0.15, 0.2) is 62.0 Å². The van der Waals surface area contributed by atoms with Crippen molar-refractivity contribution in [1.29, 1.82) is 0 Å². The molecule has 0 spiro atoms. The van der Waals surface area contributed by atoms with E-state index in [4.69, 9.17) is 54.6 Å². The van der Waals surface area contributed by atoms with Crippen LogP contribution in [0, 0.1) is 10.1 Å². The van der Waals surface area contributed by atoms with Gasteiger partial charge in [-0.05, 0) is 41.7 Å². The Morgan fingerprint density at radius 1 is 0.591 bits per heavy atom. The molecule has 0 aromatic carbocycles. The van der Waals surface area contributed by atoms with Crippen molar-refractivity contribution in [3.05, 3.63) is 214 Å². The van der Waals surface area contributed by atoms with Crippen LogP contribution in [0.25, 0.3) is 55.8 Å². The smallest absolute Gasteiger partial charge is 0.444 e. The molecule has 42 nitrogen and oxygen atoms in total. The Bertz CT molecular complexity index is 5760. The maximum atomic E-state index is 11.9. The van der Waals surface area contributed by atoms with Gasteiger partial charge < -0.3 is 59.9 Å². The fraction of sp³-hybridized carbons (Fsp3) is 0.412. The topological polar surface area (TPSA) is 598 Å². The summed E-state index contributed by atoms with van der Waals surface area (Å²) in [5, 5.41) is 39.2. The summed E-state index contributed by atoms with van der Waals surface area (Å²) in [5.74, 6) is 0.398. The van der Waals surface area contributed by atoms with E-state index in [-0.39, 0.29) is 76.4 Å². The number of nitrogen functional groups attached to an aromatic ring is 2. The van der Waals surface area contributed by atoms with E-state index in [0.717, 1.165) is 49.2 Å². The number of aliphatic imine (C=N–C) groups is 1. The maximum Gasteiger partial charge on any atom is 1.00 e. The largest absolute Gasteiger partial charge is 1.00 e. The summed E-state index contributed by atoms with van der Waals surface area (Å²) in [6.07, 6.45) is 18.3. The number of H-pyrrole nitrogens is 7. The van der Waals surface area contributed by atoms with Gasteiger partial charge in [0.2, 0.25) is 17.2 Å². The average Bonchev–Trinajstić information content (AvgIpc) is 1.69. The number of allylic oxidation sites excluding steroid dienone is 5. The number of hydrogen-bond donors (Lipinski definition) is 12. The molecule has 13 rings (SSSR count). The van der Waals surface area contributed by atoms with Crippen molar-refractivity contribution in [3.8, 4) is 0 Å². The number of alkyl halides is 2. The third kappa shape index (κ3) is 26.2. The van der Waals surface area contributed by atoms with Crippen LogP contribution in [0.5, 0.6) is 0 Å². The van der Waals surface area contributed by atoms with Crippen molar-refractivity contribution in [2.45, 2.75) is 163 Å². The molecule has 0 unspecified atom stereocenters. The number of anilines is 2. The van der Waals surface area contributed by atoms with Crippen LogP contribution in [0.2, 0.25) is 5.28 Å². The van der Waals surface area contributed by atoms with Crippen LogP contribution in [0.3, 0.4) is 0 Å². The second-order valence-corrected chi connectivity index (χ2v) is 26.2. The molecule has 11 aromatic rings. The predicted octanol–water partition coefficient (Wildman–Crippen LogP) is 2.04. The van der Waals surface area contributed by atoms with E-state index < -0.39 is 76.1 Å². The number of unbranched alkanes of at least 4 members (excludes halogenated alkanes) is 4. The molecule has 1 saturated heterocycles. The van der Waals surface area contributed by atoms with Gasteiger partial charge in [0.25, 0.3) is 33.4 Å². The minimum Gasteiger partial charge on any atom is -0.444 e. The Labute approximate surface area is 706 Å². The number of aromatic amines is 7. The zero-order valence-corrected chi connectivity index (χ0v) is 70.1. The van der Waals surface area contributed by atoms with Crippen LogP contribution in [0.15, 0.2) is 147 Å². The Balaban J connectivity index is 0.000000347. The normalized spacial score (nSPS) is 14.0. The van der Waals surface area contributed by atoms with Crippen LogP contribution < -0.4 is 97.1 Å². The third-order valence-corrected chi connectivity index (χ3v) is 17.5. The zero-order chi connectivity index (χ0) is 83.8. The molecule has 0 amide bonds. The monoisotopic (exact) mass is 1830 g/mol. The Morgan fingerprint density at radius 2 is 1.07 bits per heavy atom. The van der Waals surface area contributed by atoms with Crippen LogP contribution >= 0.6 is 61.7 Å². The summed E-state index contributed by atoms with van der Waals surface area (Å²) in [7, 11) is 0. The molecule has 0 aliphatic carbocycles. The van der Waals surface area contributed by atoms with E-state index in [2.05, 4.69) is 153 Å². The number of aliphatic hydroxyl groups excluding tert-OH is 3. The second kappa shape index (κ2) is 49.6. The van der Waals surface area contributed by atoms with Gasteiger partial charge in [0.05, 0.1) is 37.5 Å². The van der Waals surface area contributed by atoms with Crippen LogP contribution in [0.4, 0.5) is 17.7 Å². The minimum absolute atomic E-state index is 0. The predicted molar refractivity (Wildman–Crippen MR) is 451 cm³/mol. The first-order valence-electron chi connectivity index (χ1n) is 34.6. The number of fused-ring (bicyclic) bond motifs is 6. The van der Waals surface area contributed by atoms with Gasteiger partial charge in [-0.3, -0.25) is 81.9 Å². The number of aliphatic hydroxyl groups is 3. The third-order valence-electron chi connectivity index (χ3n) is 15.8. The van der Waals surface area contributed by atoms with E-state index in [9.17, 15) is 58.2 Å². The zero-order valence-electron chi connectivity index (χ0n) is 62.9. The van der Waals surface area contributed by atoms with Crippen molar-refractivity contribution >= 4 is 140 Å². The van der Waals surface area contributed by atoms with Crippen molar-refractivity contribution in [3.63, 3.8) is 0 Å². The van der Waals surface area contributed by atoms with Crippen molar-refractivity contribution in [2.24, 2.45) is 10.3 Å². The first-order valence-corrected chi connectivity index (χ1v) is 38.0. The van der Waals surface area contributed by atoms with Gasteiger partial charge in [0.1, 0.15) is 29.3 Å². The molecule has 618 valence electrons. The number of halogens is 4. The molecule has 0 radical (unpaired) electrons. The molecule has 0 bridgehead atoms. The summed E-state index contributed by atoms with van der Waals surface area (Å²) in [4.78, 5) is 172. The maximum absolute atomic E-state index is 11.9. The SMILES string of the molecule is C.C=CCBr.C=CCn1c(Cl)nc2c1c(=O)[nH]c(=O)n2CCCC.C=CCn1cnc2[nH]c(=O)[nH]c(=O)c21.C=CCn1cnc2c1c(=O)[nH]c(=O)n2CCCC.C=CCn1cnc2nc(N)[nH]c(=O)c21.CCCCI.CCCCn1c2c(c(=O)[nH]c1=O)CC(Cl)=N2.Nc1nc2c(ncn2[C@H]2O[C@@H](CO)[C@H](O)[C@@H]2O)c(=O)[nH]1.O=N[O-].[Na+]. The standard InChI is InChI=1S/C12H15ClN4O2.C12H16N4O2.C10H12ClN3O2.C10H13N5O5.C8H9N5O.C8H8N4O2.C4H9I.C3H5Br.CH4.HNO2.Na/c1-3-5-7-17-9-8(10(18)15-12(17)19)16(6-4-2)11(13)14-9;1-3-5-7-16-10-9(11(17)14-12(16)18)15(6-4-2)8-13-10;1-2-3-4-14-8-6(5-7(11)12-8)9(15)13-10(14)16;11-10-13-7-4(8(19)14-10)12-2-15(7)9-6(18)5(17)3(1-16)20-9;1-2-3-13-4-10-6-5(13)7(14)12-8(9)11-6;1-2-3-12-4-9-6-5(12)7(13)11-8(14)10-6;1-2-3-4-5;1-2-3-4;;2-1-3;/h4H,2-3,5-7H2,1H3,(H,15,18,19);4,8H,2-3,5-7H2,1H3,(H,14,17,18);2-5H2,1H3,(H,13,15,16);2-3,5-6,9,16-18H,1H2,(H3,11,13,14,19);2,4H,1,3H2,(H3,9,11,12,14);2,4H,1,3H2,(H2,10,11,13,14);2-4H2,1H3;2H,1,3H2;1H4;(H,2,3);/q;;;;;;;;;;+1/p-1/t;;;3-,5-,6-,9-;;;;;;;/m...0......./s1. The van der Waals surface area contributed by atoms with Gasteiger partial charge in [-0.2, -0.15) is 15.0 Å². The van der Waals surface area contributed by atoms with Gasteiger partial charge in [0, 0.05) is 57.6 Å². The van der Waals surface area contributed by atoms with Crippen molar-refractivity contribution in [1.82, 2.24) is 106 Å². The Kier molecular flexibility index (Phi) is 42.7. The van der Waals surface area contributed by atoms with Gasteiger partial charge >= 0.3 is 52.3 Å². The van der Waals surface area contributed by atoms with E-state index in [1.165, 1.54) is 59.1 Å². The number of nitrogens with two attached hydrogens (primary N) is 2. The number of aromatic nitrogens is 22. The van der Waals surface area contributed by atoms with Gasteiger partial charge in [-0.15, -0.1) is 38.2 Å². The van der Waals surface area contributed by atoms with Gasteiger partial charge in [-0.1, -0.05) is 141 Å². The fourth-order valence-corrected chi connectivity index (χ4v) is 11.8. The molecule has 0 saturated carbocycles. The number of nitrogens with one attached hydrogen (secondary N) is 7. The van der Waals surface area contributed by atoms with E-state index >= 15 is 0 Å². The molecule has 4 atom stereocenters. The number of nitrogens with zero attached hydrogens (tertiary/aromatic N) is 17. The molecule has 115 heavy (non-hydrogen) atoms. The fourth-order valence-electron chi connectivity index (χ4n) is 10.5. The van der Waals surface area contributed by atoms with Crippen LogP contribution in [0.1, 0.15) is 98.3 Å². The molecule has 2 aliphatic rings. The summed E-state index contributed by atoms with van der Waals surface area (Å²) in [6, 6.07) is 0. The molecular weight excluding hydrogens is 1740 g/mol. The Hall–Kier alpha value is -10.2. The number of rotatable bonds is 22. The number of aryl methyl sites for hydroxylation is 2. The summed E-state index contributed by atoms with van der Waals surface area (Å²) < 4.78 is 18.9. The minimum atomic E-state index is -1.29. The summed E-state index contributed by atoms with van der Waals surface area (Å²) in [5.41, 5.74) is 10.1. The molecule has 2 aliphatic heterocycles.